The molecular formula is C6H10INO2. The van der Waals surface area contributed by atoms with Crippen molar-refractivity contribution >= 4 is 28.6 Å². The van der Waals surface area contributed by atoms with Gasteiger partial charge in [-0.2, -0.15) is 0 Å². The zero-order chi connectivity index (χ0) is 8.15. The molecule has 0 aliphatic heterocycles. The number of rotatable bonds is 2. The van der Waals surface area contributed by atoms with Gasteiger partial charge in [-0.3, -0.25) is 4.79 Å². The van der Waals surface area contributed by atoms with Gasteiger partial charge in [0.15, 0.2) is 0 Å². The Bertz CT molecular complexity index is 152. The van der Waals surface area contributed by atoms with Crippen LogP contribution in [0, 0.1) is 0 Å². The maximum Gasteiger partial charge on any atom is 0.326 e. The van der Waals surface area contributed by atoms with Crippen molar-refractivity contribution in [3.05, 3.63) is 9.66 Å². The Balaban J connectivity index is 3.96. The lowest BCUT2D eigenvalue weighted by molar-refractivity contribution is -0.140. The molecule has 0 aliphatic carbocycles. The quantitative estimate of drug-likeness (QED) is 0.587. The molecule has 2 N–H and O–H groups in total. The van der Waals surface area contributed by atoms with E-state index in [1.54, 1.807) is 6.08 Å². The van der Waals surface area contributed by atoms with Crippen LogP contribution in [0.1, 0.15) is 6.92 Å². The Labute approximate surface area is 73.8 Å². The first kappa shape index (κ1) is 9.90. The van der Waals surface area contributed by atoms with Crippen LogP contribution >= 0.6 is 22.6 Å². The number of esters is 1. The van der Waals surface area contributed by atoms with E-state index >= 15 is 0 Å². The van der Waals surface area contributed by atoms with E-state index in [2.05, 4.69) is 27.3 Å². The van der Waals surface area contributed by atoms with Gasteiger partial charge in [-0.25, -0.2) is 0 Å². The molecule has 3 nitrogen and oxygen atoms in total. The molecule has 0 fully saturated rings. The van der Waals surface area contributed by atoms with E-state index in [9.17, 15) is 4.79 Å². The van der Waals surface area contributed by atoms with E-state index in [0.717, 1.165) is 3.58 Å². The number of carbonyl (C=O) groups excluding carboxylic acids is 1. The number of carbonyl (C=O) groups is 1. The van der Waals surface area contributed by atoms with Gasteiger partial charge in [-0.15, -0.1) is 0 Å². The van der Waals surface area contributed by atoms with E-state index in [1.165, 1.54) is 7.11 Å². The third-order valence-corrected chi connectivity index (χ3v) is 1.24. The number of ether oxygens (including phenoxy) is 1. The van der Waals surface area contributed by atoms with Crippen molar-refractivity contribution in [2.24, 2.45) is 5.73 Å². The van der Waals surface area contributed by atoms with Crippen LogP contribution in [0.5, 0.6) is 0 Å². The number of methoxy groups -OCH3 is 1. The summed E-state index contributed by atoms with van der Waals surface area (Å²) in [7, 11) is 1.32. The maximum atomic E-state index is 10.7. The monoisotopic (exact) mass is 255 g/mol. The topological polar surface area (TPSA) is 52.3 Å². The fraction of sp³-hybridized carbons (Fsp3) is 0.500. The van der Waals surface area contributed by atoms with Crippen molar-refractivity contribution in [1.82, 2.24) is 0 Å². The average molecular weight is 255 g/mol. The van der Waals surface area contributed by atoms with Gasteiger partial charge in [0.25, 0.3) is 0 Å². The van der Waals surface area contributed by atoms with Crippen LogP contribution < -0.4 is 5.73 Å². The van der Waals surface area contributed by atoms with Gasteiger partial charge >= 0.3 is 5.97 Å². The van der Waals surface area contributed by atoms with Crippen molar-refractivity contribution in [2.75, 3.05) is 7.11 Å². The number of hydrogen-bond acceptors (Lipinski definition) is 3. The Morgan fingerprint density at radius 3 is 2.60 bits per heavy atom. The standard InChI is InChI=1S/C6H10INO2/c1-4(7)3-5(8)6(9)10-2/h3,5H,8H2,1-2H3/b4-3+. The fourth-order valence-electron chi connectivity index (χ4n) is 0.452. The summed E-state index contributed by atoms with van der Waals surface area (Å²) in [6.45, 7) is 1.86. The first-order valence-electron chi connectivity index (χ1n) is 2.75. The molecule has 0 spiro atoms. The minimum absolute atomic E-state index is 0.406. The van der Waals surface area contributed by atoms with E-state index in [1.807, 2.05) is 6.92 Å². The third-order valence-electron chi connectivity index (χ3n) is 0.883. The van der Waals surface area contributed by atoms with Crippen LogP contribution in [-0.4, -0.2) is 19.1 Å². The minimum atomic E-state index is -0.623. The minimum Gasteiger partial charge on any atom is -0.468 e. The summed E-state index contributed by atoms with van der Waals surface area (Å²) in [6, 6.07) is -0.623. The van der Waals surface area contributed by atoms with Crippen molar-refractivity contribution in [3.63, 3.8) is 0 Å². The van der Waals surface area contributed by atoms with Gasteiger partial charge in [-0.05, 0) is 39.2 Å². The maximum absolute atomic E-state index is 10.7. The molecular weight excluding hydrogens is 245 g/mol. The summed E-state index contributed by atoms with van der Waals surface area (Å²) in [4.78, 5) is 10.7. The molecule has 0 rings (SSSR count). The van der Waals surface area contributed by atoms with Crippen LogP contribution in [0.25, 0.3) is 0 Å². The summed E-state index contributed by atoms with van der Waals surface area (Å²) in [5.74, 6) is -0.406. The molecule has 1 atom stereocenters. The molecule has 4 heteroatoms. The normalized spacial score (nSPS) is 14.6. The molecule has 0 bridgehead atoms. The average Bonchev–Trinajstić information content (AvgIpc) is 1.85. The van der Waals surface area contributed by atoms with Crippen LogP contribution in [0.3, 0.4) is 0 Å². The highest BCUT2D eigenvalue weighted by atomic mass is 127. The summed E-state index contributed by atoms with van der Waals surface area (Å²) in [5.41, 5.74) is 5.37. The first-order valence-corrected chi connectivity index (χ1v) is 3.83. The Kier molecular flexibility index (Phi) is 4.63. The van der Waals surface area contributed by atoms with E-state index in [4.69, 9.17) is 5.73 Å². The molecule has 0 saturated heterocycles. The number of hydrogen-bond donors (Lipinski definition) is 1. The summed E-state index contributed by atoms with van der Waals surface area (Å²) in [6.07, 6.45) is 1.65. The summed E-state index contributed by atoms with van der Waals surface area (Å²) >= 11 is 2.08. The van der Waals surface area contributed by atoms with Crippen LogP contribution in [0.4, 0.5) is 0 Å². The highest BCUT2D eigenvalue weighted by molar-refractivity contribution is 14.1. The SMILES string of the molecule is COC(=O)C(N)/C=C(\C)I. The Morgan fingerprint density at radius 1 is 1.80 bits per heavy atom. The van der Waals surface area contributed by atoms with Crippen LogP contribution in [-0.2, 0) is 9.53 Å². The summed E-state index contributed by atoms with van der Waals surface area (Å²) in [5, 5.41) is 0. The molecule has 0 heterocycles. The van der Waals surface area contributed by atoms with Gasteiger partial charge in [-0.1, -0.05) is 0 Å². The molecule has 0 aliphatic rings. The highest BCUT2D eigenvalue weighted by Crippen LogP contribution is 2.03. The number of nitrogens with two attached hydrogens (primary N) is 1. The lowest BCUT2D eigenvalue weighted by atomic mass is 10.3. The van der Waals surface area contributed by atoms with Gasteiger partial charge in [0.1, 0.15) is 6.04 Å². The Hall–Kier alpha value is -0.100. The second-order valence-electron chi connectivity index (χ2n) is 1.80. The number of allylic oxidation sites excluding steroid dienone is 1. The molecule has 0 aromatic carbocycles. The highest BCUT2D eigenvalue weighted by Gasteiger charge is 2.09. The van der Waals surface area contributed by atoms with Gasteiger partial charge in [0, 0.05) is 0 Å². The lowest BCUT2D eigenvalue weighted by Crippen LogP contribution is -2.29. The van der Waals surface area contributed by atoms with Crippen LogP contribution in [0.2, 0.25) is 0 Å². The molecule has 0 aromatic heterocycles. The van der Waals surface area contributed by atoms with Crippen molar-refractivity contribution in [1.29, 1.82) is 0 Å². The van der Waals surface area contributed by atoms with Crippen molar-refractivity contribution in [2.45, 2.75) is 13.0 Å². The van der Waals surface area contributed by atoms with Gasteiger partial charge in [0.05, 0.1) is 7.11 Å². The lowest BCUT2D eigenvalue weighted by Gasteiger charge is -2.02. The van der Waals surface area contributed by atoms with Gasteiger partial charge < -0.3 is 10.5 Å². The molecule has 0 saturated carbocycles. The predicted molar refractivity (Wildman–Crippen MR) is 47.8 cm³/mol. The first-order chi connectivity index (χ1) is 4.57. The summed E-state index contributed by atoms with van der Waals surface area (Å²) < 4.78 is 5.38. The van der Waals surface area contributed by atoms with Crippen LogP contribution in [0.15, 0.2) is 9.66 Å². The number of halogens is 1. The molecule has 0 aromatic rings. The van der Waals surface area contributed by atoms with Crippen molar-refractivity contribution < 1.29 is 9.53 Å². The van der Waals surface area contributed by atoms with E-state index in [-0.39, 0.29) is 0 Å². The molecule has 0 amide bonds. The fourth-order valence-corrected chi connectivity index (χ4v) is 0.839. The smallest absolute Gasteiger partial charge is 0.326 e. The molecule has 0 radical (unpaired) electrons. The van der Waals surface area contributed by atoms with Gasteiger partial charge in [0.2, 0.25) is 0 Å². The zero-order valence-corrected chi connectivity index (χ0v) is 8.08. The van der Waals surface area contributed by atoms with E-state index in [0.29, 0.717) is 0 Å². The largest absolute Gasteiger partial charge is 0.468 e. The molecule has 10 heavy (non-hydrogen) atoms. The van der Waals surface area contributed by atoms with E-state index < -0.39 is 12.0 Å². The molecule has 58 valence electrons. The Morgan fingerprint density at radius 2 is 2.30 bits per heavy atom. The second-order valence-corrected chi connectivity index (χ2v) is 3.50. The second kappa shape index (κ2) is 4.68. The molecule has 1 unspecified atom stereocenters. The predicted octanol–water partition coefficient (Wildman–Crippen LogP) is 0.826. The third kappa shape index (κ3) is 3.84. The zero-order valence-electron chi connectivity index (χ0n) is 5.93. The van der Waals surface area contributed by atoms with Crippen molar-refractivity contribution in [3.8, 4) is 0 Å².